The van der Waals surface area contributed by atoms with Gasteiger partial charge in [0.25, 0.3) is 0 Å². The number of aryl methyl sites for hydroxylation is 1. The standard InChI is InChI=1S/C14H15BrFNS/c1-17-13(6-5-10-7-8-18-9-10)11-3-2-4-12(15)14(11)16/h2-4,7-9,13,17H,5-6H2,1H3. The Bertz CT molecular complexity index is 499. The zero-order valence-electron chi connectivity index (χ0n) is 10.1. The summed E-state index contributed by atoms with van der Waals surface area (Å²) in [5.74, 6) is -0.165. The maximum absolute atomic E-state index is 14.0. The Labute approximate surface area is 119 Å². The van der Waals surface area contributed by atoms with Crippen molar-refractivity contribution in [1.29, 1.82) is 0 Å². The van der Waals surface area contributed by atoms with Gasteiger partial charge in [0.15, 0.2) is 0 Å². The minimum atomic E-state index is -0.165. The van der Waals surface area contributed by atoms with Crippen molar-refractivity contribution in [2.45, 2.75) is 18.9 Å². The summed E-state index contributed by atoms with van der Waals surface area (Å²) in [7, 11) is 1.87. The van der Waals surface area contributed by atoms with Gasteiger partial charge in [0, 0.05) is 11.6 Å². The van der Waals surface area contributed by atoms with E-state index in [0.29, 0.717) is 4.47 Å². The Balaban J connectivity index is 2.10. The van der Waals surface area contributed by atoms with E-state index in [2.05, 4.69) is 38.1 Å². The molecule has 2 rings (SSSR count). The number of hydrogen-bond acceptors (Lipinski definition) is 2. The summed E-state index contributed by atoms with van der Waals surface area (Å²) in [6.45, 7) is 0. The summed E-state index contributed by atoms with van der Waals surface area (Å²) in [4.78, 5) is 0. The highest BCUT2D eigenvalue weighted by molar-refractivity contribution is 9.10. The van der Waals surface area contributed by atoms with Crippen molar-refractivity contribution >= 4 is 27.3 Å². The fraction of sp³-hybridized carbons (Fsp3) is 0.286. The summed E-state index contributed by atoms with van der Waals surface area (Å²) in [5, 5.41) is 7.41. The van der Waals surface area contributed by atoms with Gasteiger partial charge in [-0.25, -0.2) is 4.39 Å². The van der Waals surface area contributed by atoms with Crippen molar-refractivity contribution in [3.63, 3.8) is 0 Å². The number of nitrogens with one attached hydrogen (secondary N) is 1. The molecule has 1 aromatic heterocycles. The van der Waals surface area contributed by atoms with Gasteiger partial charge in [-0.3, -0.25) is 0 Å². The minimum Gasteiger partial charge on any atom is -0.313 e. The van der Waals surface area contributed by atoms with E-state index in [1.54, 1.807) is 17.4 Å². The normalized spacial score (nSPS) is 12.6. The summed E-state index contributed by atoms with van der Waals surface area (Å²) in [6, 6.07) is 7.60. The number of benzene rings is 1. The monoisotopic (exact) mass is 327 g/mol. The second kappa shape index (κ2) is 6.45. The average molecular weight is 328 g/mol. The first-order valence-corrected chi connectivity index (χ1v) is 7.58. The quantitative estimate of drug-likeness (QED) is 0.849. The van der Waals surface area contributed by atoms with Crippen molar-refractivity contribution in [3.05, 3.63) is 56.4 Å². The predicted molar refractivity (Wildman–Crippen MR) is 78.5 cm³/mol. The highest BCUT2D eigenvalue weighted by atomic mass is 79.9. The molecule has 1 nitrogen and oxygen atoms in total. The van der Waals surface area contributed by atoms with Gasteiger partial charge in [-0.2, -0.15) is 11.3 Å². The maximum Gasteiger partial charge on any atom is 0.142 e. The molecule has 1 heterocycles. The summed E-state index contributed by atoms with van der Waals surface area (Å²) >= 11 is 4.93. The number of hydrogen-bond donors (Lipinski definition) is 1. The van der Waals surface area contributed by atoms with Gasteiger partial charge < -0.3 is 5.32 Å². The van der Waals surface area contributed by atoms with Gasteiger partial charge in [0.05, 0.1) is 4.47 Å². The SMILES string of the molecule is CNC(CCc1ccsc1)c1cccc(Br)c1F. The lowest BCUT2D eigenvalue weighted by Gasteiger charge is -2.17. The smallest absolute Gasteiger partial charge is 0.142 e. The molecule has 96 valence electrons. The molecule has 1 unspecified atom stereocenters. The van der Waals surface area contributed by atoms with Crippen molar-refractivity contribution in [2.75, 3.05) is 7.05 Å². The molecule has 0 aliphatic carbocycles. The van der Waals surface area contributed by atoms with Crippen LogP contribution in [0.15, 0.2) is 39.5 Å². The highest BCUT2D eigenvalue weighted by Crippen LogP contribution is 2.26. The molecule has 2 aromatic rings. The molecule has 1 atom stereocenters. The van der Waals surface area contributed by atoms with Crippen LogP contribution in [0.4, 0.5) is 4.39 Å². The van der Waals surface area contributed by atoms with Gasteiger partial charge in [-0.1, -0.05) is 12.1 Å². The van der Waals surface area contributed by atoms with E-state index in [9.17, 15) is 4.39 Å². The second-order valence-corrected chi connectivity index (χ2v) is 5.79. The van der Waals surface area contributed by atoms with Crippen LogP contribution in [0.5, 0.6) is 0 Å². The van der Waals surface area contributed by atoms with Crippen LogP contribution in [0.25, 0.3) is 0 Å². The Morgan fingerprint density at radius 2 is 2.22 bits per heavy atom. The number of rotatable bonds is 5. The topological polar surface area (TPSA) is 12.0 Å². The molecule has 0 spiro atoms. The summed E-state index contributed by atoms with van der Waals surface area (Å²) in [5.41, 5.74) is 2.04. The van der Waals surface area contributed by atoms with Crippen LogP contribution in [0.1, 0.15) is 23.6 Å². The lowest BCUT2D eigenvalue weighted by Crippen LogP contribution is -2.18. The third kappa shape index (κ3) is 3.19. The van der Waals surface area contributed by atoms with E-state index in [-0.39, 0.29) is 11.9 Å². The third-order valence-electron chi connectivity index (χ3n) is 3.01. The zero-order valence-corrected chi connectivity index (χ0v) is 12.5. The molecule has 0 bridgehead atoms. The van der Waals surface area contributed by atoms with Gasteiger partial charge in [-0.15, -0.1) is 0 Å². The molecule has 0 aliphatic heterocycles. The van der Waals surface area contributed by atoms with Gasteiger partial charge in [0.1, 0.15) is 5.82 Å². The maximum atomic E-state index is 14.0. The fourth-order valence-electron chi connectivity index (χ4n) is 1.99. The lowest BCUT2D eigenvalue weighted by molar-refractivity contribution is 0.506. The van der Waals surface area contributed by atoms with E-state index in [1.807, 2.05) is 19.2 Å². The molecule has 0 aliphatic rings. The molecule has 18 heavy (non-hydrogen) atoms. The van der Waals surface area contributed by atoms with Crippen LogP contribution >= 0.6 is 27.3 Å². The Kier molecular flexibility index (Phi) is 4.92. The molecule has 0 saturated heterocycles. The molecule has 0 fully saturated rings. The first kappa shape index (κ1) is 13.7. The van der Waals surface area contributed by atoms with Crippen molar-refractivity contribution < 1.29 is 4.39 Å². The van der Waals surface area contributed by atoms with Gasteiger partial charge in [-0.05, 0) is 64.3 Å². The molecule has 1 aromatic carbocycles. The average Bonchev–Trinajstić information content (AvgIpc) is 2.88. The lowest BCUT2D eigenvalue weighted by atomic mass is 10.00. The van der Waals surface area contributed by atoms with Crippen molar-refractivity contribution in [3.8, 4) is 0 Å². The van der Waals surface area contributed by atoms with Crippen LogP contribution in [0.3, 0.4) is 0 Å². The minimum absolute atomic E-state index is 0.0439. The van der Waals surface area contributed by atoms with Crippen molar-refractivity contribution in [2.24, 2.45) is 0 Å². The highest BCUT2D eigenvalue weighted by Gasteiger charge is 2.15. The summed E-state index contributed by atoms with van der Waals surface area (Å²) < 4.78 is 14.5. The molecule has 4 heteroatoms. The van der Waals surface area contributed by atoms with E-state index < -0.39 is 0 Å². The largest absolute Gasteiger partial charge is 0.313 e. The number of thiophene rings is 1. The van der Waals surface area contributed by atoms with E-state index in [0.717, 1.165) is 18.4 Å². The molecule has 0 saturated carbocycles. The molecular formula is C14H15BrFNS. The van der Waals surface area contributed by atoms with Crippen LogP contribution in [0.2, 0.25) is 0 Å². The Hall–Kier alpha value is -0.710. The van der Waals surface area contributed by atoms with Crippen LogP contribution in [-0.2, 0) is 6.42 Å². The van der Waals surface area contributed by atoms with Crippen molar-refractivity contribution in [1.82, 2.24) is 5.32 Å². The second-order valence-electron chi connectivity index (χ2n) is 4.15. The first-order chi connectivity index (χ1) is 8.72. The zero-order chi connectivity index (χ0) is 13.0. The van der Waals surface area contributed by atoms with Gasteiger partial charge in [0.2, 0.25) is 0 Å². The van der Waals surface area contributed by atoms with Crippen LogP contribution in [0, 0.1) is 5.82 Å². The Morgan fingerprint density at radius 1 is 1.39 bits per heavy atom. The van der Waals surface area contributed by atoms with E-state index in [1.165, 1.54) is 5.56 Å². The van der Waals surface area contributed by atoms with E-state index >= 15 is 0 Å². The first-order valence-electron chi connectivity index (χ1n) is 5.84. The molecule has 0 amide bonds. The third-order valence-corrected chi connectivity index (χ3v) is 4.35. The summed E-state index contributed by atoms with van der Waals surface area (Å²) in [6.07, 6.45) is 1.85. The van der Waals surface area contributed by atoms with E-state index in [4.69, 9.17) is 0 Å². The molecule has 0 radical (unpaired) electrons. The molecule has 1 N–H and O–H groups in total. The number of halogens is 2. The van der Waals surface area contributed by atoms with Crippen LogP contribution < -0.4 is 5.32 Å². The molecular weight excluding hydrogens is 313 g/mol. The predicted octanol–water partition coefficient (Wildman–Crippen LogP) is 4.54. The van der Waals surface area contributed by atoms with Gasteiger partial charge >= 0.3 is 0 Å². The fourth-order valence-corrected chi connectivity index (χ4v) is 3.08. The van der Waals surface area contributed by atoms with Crippen LogP contribution in [-0.4, -0.2) is 7.05 Å². The Morgan fingerprint density at radius 3 is 2.89 bits per heavy atom.